The van der Waals surface area contributed by atoms with Crippen LogP contribution in [0.5, 0.6) is 5.75 Å². The molecule has 0 aliphatic carbocycles. The monoisotopic (exact) mass is 343 g/mol. The third kappa shape index (κ3) is 6.38. The summed E-state index contributed by atoms with van der Waals surface area (Å²) in [4.78, 5) is 0. The predicted octanol–water partition coefficient (Wildman–Crippen LogP) is 6.86. The summed E-state index contributed by atoms with van der Waals surface area (Å²) >= 11 is 0. The van der Waals surface area contributed by atoms with Crippen LogP contribution in [0.2, 0.25) is 0 Å². The van der Waals surface area contributed by atoms with Gasteiger partial charge in [-0.1, -0.05) is 91.8 Å². The molecule has 25 heavy (non-hydrogen) atoms. The van der Waals surface area contributed by atoms with Crippen LogP contribution in [-0.2, 0) is 10.8 Å². The minimum Gasteiger partial charge on any atom is -0.507 e. The average molecular weight is 344 g/mol. The molecule has 1 unspecified atom stereocenters. The molecule has 0 fully saturated rings. The molecule has 0 aliphatic rings. The third-order valence-electron chi connectivity index (χ3n) is 5.17. The van der Waals surface area contributed by atoms with Gasteiger partial charge in [0, 0.05) is 5.92 Å². The molecule has 1 aromatic rings. The SMILES string of the molecule is CCCCCCCC(C#N)CC(C)(C)c1cccc(C(C)(C)C)c1O. The van der Waals surface area contributed by atoms with E-state index >= 15 is 0 Å². The summed E-state index contributed by atoms with van der Waals surface area (Å²) in [7, 11) is 0. The normalized spacial score (nSPS) is 13.5. The second-order valence-corrected chi connectivity index (χ2v) is 9.07. The molecule has 2 heteroatoms. The molecule has 1 N–H and O–H groups in total. The number of phenolic OH excluding ortho intramolecular Hbond substituents is 1. The first-order valence-electron chi connectivity index (χ1n) is 9.86. The summed E-state index contributed by atoms with van der Waals surface area (Å²) in [5, 5.41) is 20.4. The Morgan fingerprint density at radius 3 is 2.16 bits per heavy atom. The Kier molecular flexibility index (Phi) is 8.00. The van der Waals surface area contributed by atoms with E-state index < -0.39 is 0 Å². The van der Waals surface area contributed by atoms with Gasteiger partial charge in [0.05, 0.1) is 6.07 Å². The lowest BCUT2D eigenvalue weighted by molar-refractivity contribution is 0.363. The van der Waals surface area contributed by atoms with Crippen LogP contribution in [0.3, 0.4) is 0 Å². The van der Waals surface area contributed by atoms with Gasteiger partial charge in [-0.25, -0.2) is 0 Å². The lowest BCUT2D eigenvalue weighted by atomic mass is 9.73. The molecule has 1 rings (SSSR count). The second kappa shape index (κ2) is 9.27. The van der Waals surface area contributed by atoms with Crippen LogP contribution in [0.4, 0.5) is 0 Å². The van der Waals surface area contributed by atoms with Crippen LogP contribution < -0.4 is 0 Å². The number of nitriles is 1. The molecule has 0 radical (unpaired) electrons. The Morgan fingerprint density at radius 2 is 1.60 bits per heavy atom. The molecular weight excluding hydrogens is 306 g/mol. The molecule has 1 aromatic carbocycles. The van der Waals surface area contributed by atoms with Crippen molar-refractivity contribution in [1.82, 2.24) is 0 Å². The van der Waals surface area contributed by atoms with E-state index in [0.717, 1.165) is 30.4 Å². The fourth-order valence-corrected chi connectivity index (χ4v) is 3.63. The maximum atomic E-state index is 10.8. The van der Waals surface area contributed by atoms with E-state index in [9.17, 15) is 10.4 Å². The summed E-state index contributed by atoms with van der Waals surface area (Å²) in [6.45, 7) is 12.9. The van der Waals surface area contributed by atoms with Crippen molar-refractivity contribution in [3.63, 3.8) is 0 Å². The number of rotatable bonds is 9. The van der Waals surface area contributed by atoms with Gasteiger partial charge in [0.15, 0.2) is 0 Å². The van der Waals surface area contributed by atoms with E-state index in [1.54, 1.807) is 0 Å². The molecule has 0 aromatic heterocycles. The molecule has 0 spiro atoms. The summed E-state index contributed by atoms with van der Waals surface area (Å²) in [5.41, 5.74) is 1.64. The fraction of sp³-hybridized carbons (Fsp3) is 0.696. The summed E-state index contributed by atoms with van der Waals surface area (Å²) < 4.78 is 0. The molecule has 1 atom stereocenters. The Bertz CT molecular complexity index is 575. The number of hydrogen-bond donors (Lipinski definition) is 1. The number of phenols is 1. The molecule has 140 valence electrons. The van der Waals surface area contributed by atoms with Gasteiger partial charge in [0.1, 0.15) is 5.75 Å². The first-order valence-corrected chi connectivity index (χ1v) is 9.86. The number of aromatic hydroxyl groups is 1. The highest BCUT2D eigenvalue weighted by atomic mass is 16.3. The maximum absolute atomic E-state index is 10.8. The zero-order valence-electron chi connectivity index (χ0n) is 17.2. The summed E-state index contributed by atoms with van der Waals surface area (Å²) in [6, 6.07) is 8.55. The van der Waals surface area contributed by atoms with Crippen LogP contribution in [0.25, 0.3) is 0 Å². The van der Waals surface area contributed by atoms with Gasteiger partial charge in [-0.3, -0.25) is 0 Å². The van der Waals surface area contributed by atoms with Gasteiger partial charge in [-0.2, -0.15) is 5.26 Å². The van der Waals surface area contributed by atoms with Crippen molar-refractivity contribution in [3.8, 4) is 11.8 Å². The molecule has 0 heterocycles. The smallest absolute Gasteiger partial charge is 0.123 e. The van der Waals surface area contributed by atoms with E-state index in [4.69, 9.17) is 0 Å². The molecule has 0 bridgehead atoms. The molecule has 0 amide bonds. The van der Waals surface area contributed by atoms with Crippen molar-refractivity contribution in [3.05, 3.63) is 29.3 Å². The van der Waals surface area contributed by atoms with Crippen molar-refractivity contribution >= 4 is 0 Å². The quantitative estimate of drug-likeness (QED) is 0.498. The molecule has 0 saturated carbocycles. The van der Waals surface area contributed by atoms with Crippen LogP contribution >= 0.6 is 0 Å². The van der Waals surface area contributed by atoms with Crippen LogP contribution in [0, 0.1) is 17.2 Å². The molecule has 0 aliphatic heterocycles. The number of nitrogens with zero attached hydrogens (tertiary/aromatic N) is 1. The van der Waals surface area contributed by atoms with Crippen molar-refractivity contribution in [2.45, 2.75) is 97.3 Å². The standard InChI is InChI=1S/C23H37NO/c1-7-8-9-10-11-13-18(17-24)16-23(5,6)20-15-12-14-19(21(20)25)22(2,3)4/h12,14-15,18,25H,7-11,13,16H2,1-6H3. The van der Waals surface area contributed by atoms with Crippen LogP contribution in [0.1, 0.15) is 97.6 Å². The molecule has 2 nitrogen and oxygen atoms in total. The summed E-state index contributed by atoms with van der Waals surface area (Å²) in [6.07, 6.45) is 7.90. The zero-order chi connectivity index (χ0) is 19.1. The third-order valence-corrected chi connectivity index (χ3v) is 5.17. The Hall–Kier alpha value is -1.49. The van der Waals surface area contributed by atoms with Gasteiger partial charge in [0.25, 0.3) is 0 Å². The van der Waals surface area contributed by atoms with E-state index in [2.05, 4.69) is 47.6 Å². The topological polar surface area (TPSA) is 44.0 Å². The first kappa shape index (κ1) is 21.6. The van der Waals surface area contributed by atoms with Crippen molar-refractivity contribution in [2.75, 3.05) is 0 Å². The fourth-order valence-electron chi connectivity index (χ4n) is 3.63. The minimum absolute atomic E-state index is 0.0503. The number of benzene rings is 1. The highest BCUT2D eigenvalue weighted by Gasteiger charge is 2.30. The van der Waals surface area contributed by atoms with Gasteiger partial charge in [-0.05, 0) is 34.8 Å². The average Bonchev–Trinajstić information content (AvgIpc) is 2.52. The van der Waals surface area contributed by atoms with Crippen LogP contribution in [-0.4, -0.2) is 5.11 Å². The predicted molar refractivity (Wildman–Crippen MR) is 107 cm³/mol. The largest absolute Gasteiger partial charge is 0.507 e. The first-order chi connectivity index (χ1) is 11.6. The van der Waals surface area contributed by atoms with Gasteiger partial charge < -0.3 is 5.11 Å². The van der Waals surface area contributed by atoms with E-state index in [1.165, 1.54) is 25.7 Å². The van der Waals surface area contributed by atoms with Crippen molar-refractivity contribution < 1.29 is 5.11 Å². The molecule has 0 saturated heterocycles. The highest BCUT2D eigenvalue weighted by Crippen LogP contribution is 2.41. The second-order valence-electron chi connectivity index (χ2n) is 9.07. The zero-order valence-corrected chi connectivity index (χ0v) is 17.2. The van der Waals surface area contributed by atoms with E-state index in [-0.39, 0.29) is 16.7 Å². The van der Waals surface area contributed by atoms with Crippen LogP contribution in [0.15, 0.2) is 18.2 Å². The van der Waals surface area contributed by atoms with Gasteiger partial charge in [-0.15, -0.1) is 0 Å². The van der Waals surface area contributed by atoms with Crippen molar-refractivity contribution in [1.29, 1.82) is 5.26 Å². The van der Waals surface area contributed by atoms with Gasteiger partial charge in [0.2, 0.25) is 0 Å². The highest BCUT2D eigenvalue weighted by molar-refractivity contribution is 5.47. The van der Waals surface area contributed by atoms with E-state index in [0.29, 0.717) is 5.75 Å². The number of hydrogen-bond acceptors (Lipinski definition) is 2. The lowest BCUT2D eigenvalue weighted by Gasteiger charge is -2.31. The van der Waals surface area contributed by atoms with Crippen molar-refractivity contribution in [2.24, 2.45) is 5.92 Å². The number of unbranched alkanes of at least 4 members (excludes halogenated alkanes) is 4. The number of para-hydroxylation sites is 1. The Balaban J connectivity index is 2.85. The maximum Gasteiger partial charge on any atom is 0.123 e. The Labute approximate surface area is 155 Å². The molecular formula is C23H37NO. The van der Waals surface area contributed by atoms with E-state index in [1.807, 2.05) is 18.2 Å². The summed E-state index contributed by atoms with van der Waals surface area (Å²) in [5.74, 6) is 0.453. The lowest BCUT2D eigenvalue weighted by Crippen LogP contribution is -2.23. The van der Waals surface area contributed by atoms with Gasteiger partial charge >= 0.3 is 0 Å². The minimum atomic E-state index is -0.213. The Morgan fingerprint density at radius 1 is 1.00 bits per heavy atom.